The first kappa shape index (κ1) is 16.8. The quantitative estimate of drug-likeness (QED) is 0.590. The molecule has 1 unspecified atom stereocenters. The molecule has 5 rings (SSSR count). The van der Waals surface area contributed by atoms with E-state index in [-0.39, 0.29) is 0 Å². The number of allylic oxidation sites excluding steroid dienone is 5. The van der Waals surface area contributed by atoms with Gasteiger partial charge < -0.3 is 0 Å². The summed E-state index contributed by atoms with van der Waals surface area (Å²) in [5.74, 6) is 0.890. The Bertz CT molecular complexity index is 1160. The molecule has 0 bridgehead atoms. The van der Waals surface area contributed by atoms with Crippen molar-refractivity contribution in [3.05, 3.63) is 91.8 Å². The first-order valence-corrected chi connectivity index (χ1v) is 10.2. The van der Waals surface area contributed by atoms with Crippen LogP contribution in [0.25, 0.3) is 23.8 Å². The van der Waals surface area contributed by atoms with Crippen LogP contribution in [0.2, 0.25) is 5.02 Å². The van der Waals surface area contributed by atoms with Crippen molar-refractivity contribution in [1.29, 1.82) is 0 Å². The maximum atomic E-state index is 6.45. The molecule has 0 heterocycles. The van der Waals surface area contributed by atoms with E-state index in [1.807, 2.05) is 12.1 Å². The average molecular weight is 371 g/mol. The van der Waals surface area contributed by atoms with Gasteiger partial charge in [-0.05, 0) is 64.5 Å². The predicted molar refractivity (Wildman–Crippen MR) is 117 cm³/mol. The fourth-order valence-corrected chi connectivity index (χ4v) is 4.92. The Morgan fingerprint density at radius 3 is 2.74 bits per heavy atom. The van der Waals surface area contributed by atoms with Crippen LogP contribution in [0, 0.1) is 5.92 Å². The molecule has 0 amide bonds. The summed E-state index contributed by atoms with van der Waals surface area (Å²) in [6.45, 7) is 4.52. The van der Waals surface area contributed by atoms with E-state index in [4.69, 9.17) is 11.6 Å². The molecule has 0 aliphatic heterocycles. The molecule has 134 valence electrons. The van der Waals surface area contributed by atoms with Crippen LogP contribution in [-0.4, -0.2) is 0 Å². The van der Waals surface area contributed by atoms with E-state index in [0.29, 0.717) is 11.8 Å². The Morgan fingerprint density at radius 1 is 1.04 bits per heavy atom. The summed E-state index contributed by atoms with van der Waals surface area (Å²) < 4.78 is 0. The van der Waals surface area contributed by atoms with Crippen molar-refractivity contribution in [3.8, 4) is 0 Å². The van der Waals surface area contributed by atoms with Gasteiger partial charge in [-0.15, -0.1) is 0 Å². The van der Waals surface area contributed by atoms with Crippen LogP contribution < -0.4 is 10.4 Å². The van der Waals surface area contributed by atoms with Gasteiger partial charge in [-0.3, -0.25) is 0 Å². The zero-order valence-electron chi connectivity index (χ0n) is 15.8. The van der Waals surface area contributed by atoms with Crippen LogP contribution >= 0.6 is 11.6 Å². The summed E-state index contributed by atoms with van der Waals surface area (Å²) in [7, 11) is 0. The van der Waals surface area contributed by atoms with Crippen molar-refractivity contribution >= 4 is 35.4 Å². The zero-order chi connectivity index (χ0) is 18.5. The Morgan fingerprint density at radius 2 is 1.89 bits per heavy atom. The third-order valence-electron chi connectivity index (χ3n) is 6.33. The van der Waals surface area contributed by atoms with Crippen LogP contribution in [0.4, 0.5) is 0 Å². The molecule has 3 aliphatic carbocycles. The highest BCUT2D eigenvalue weighted by molar-refractivity contribution is 6.31. The molecule has 0 radical (unpaired) electrons. The van der Waals surface area contributed by atoms with Gasteiger partial charge in [0.1, 0.15) is 0 Å². The largest absolute Gasteiger partial charge is 0.0840 e. The van der Waals surface area contributed by atoms with Crippen molar-refractivity contribution < 1.29 is 0 Å². The highest BCUT2D eigenvalue weighted by Gasteiger charge is 2.23. The van der Waals surface area contributed by atoms with Crippen molar-refractivity contribution in [3.63, 3.8) is 0 Å². The lowest BCUT2D eigenvalue weighted by atomic mass is 9.78. The highest BCUT2D eigenvalue weighted by Crippen LogP contribution is 2.39. The Hall–Kier alpha value is -2.31. The number of halogens is 1. The minimum Gasteiger partial charge on any atom is -0.0840 e. The lowest BCUT2D eigenvalue weighted by molar-refractivity contribution is 0.803. The molecule has 0 N–H and O–H groups in total. The molecular formula is C26H23Cl. The normalized spacial score (nSPS) is 22.9. The zero-order valence-corrected chi connectivity index (χ0v) is 16.6. The van der Waals surface area contributed by atoms with E-state index < -0.39 is 0 Å². The molecule has 27 heavy (non-hydrogen) atoms. The van der Waals surface area contributed by atoms with E-state index in [9.17, 15) is 0 Å². The molecular weight excluding hydrogens is 348 g/mol. The van der Waals surface area contributed by atoms with Crippen LogP contribution in [0.1, 0.15) is 49.3 Å². The molecule has 2 atom stereocenters. The molecule has 0 saturated heterocycles. The van der Waals surface area contributed by atoms with Gasteiger partial charge in [-0.1, -0.05) is 90.4 Å². The summed E-state index contributed by atoms with van der Waals surface area (Å²) >= 11 is 6.45. The molecule has 3 aliphatic rings. The first-order valence-electron chi connectivity index (χ1n) is 9.80. The molecule has 2 aromatic rings. The summed E-state index contributed by atoms with van der Waals surface area (Å²) in [5.41, 5.74) is 8.38. The maximum Gasteiger partial charge on any atom is 0.0444 e. The summed E-state index contributed by atoms with van der Waals surface area (Å²) in [4.78, 5) is 0. The molecule has 0 nitrogen and oxygen atoms in total. The minimum atomic E-state index is 0.377. The van der Waals surface area contributed by atoms with Gasteiger partial charge >= 0.3 is 0 Å². The fourth-order valence-electron chi connectivity index (χ4n) is 4.64. The van der Waals surface area contributed by atoms with Crippen LogP contribution in [0.5, 0.6) is 0 Å². The van der Waals surface area contributed by atoms with E-state index in [1.54, 1.807) is 0 Å². The van der Waals surface area contributed by atoms with Gasteiger partial charge in [0.15, 0.2) is 0 Å². The van der Waals surface area contributed by atoms with Crippen molar-refractivity contribution in [2.24, 2.45) is 5.92 Å². The van der Waals surface area contributed by atoms with Crippen LogP contribution in [0.15, 0.2) is 59.7 Å². The highest BCUT2D eigenvalue weighted by atomic mass is 35.5. The number of hydrogen-bond donors (Lipinski definition) is 0. The number of fused-ring (bicyclic) bond motifs is 4. The number of hydrogen-bond acceptors (Lipinski definition) is 0. The van der Waals surface area contributed by atoms with E-state index in [0.717, 1.165) is 17.9 Å². The molecule has 2 aromatic carbocycles. The number of rotatable bonds is 1. The second-order valence-corrected chi connectivity index (χ2v) is 8.40. The van der Waals surface area contributed by atoms with Gasteiger partial charge in [-0.2, -0.15) is 0 Å². The van der Waals surface area contributed by atoms with Crippen molar-refractivity contribution in [2.45, 2.75) is 32.6 Å². The fraction of sp³-hybridized carbons (Fsp3) is 0.231. The van der Waals surface area contributed by atoms with Crippen LogP contribution in [-0.2, 0) is 0 Å². The standard InChI is InChI=1S/C26H23Cl/c1-16-13-18-8-11-23-21-10-7-20(22-5-3-4-6-26(22)27)15-19(21)9-12-24(23)25(18)14-17(16)2/h3-8,10-14,17,20H,9,15H2,1-2H3/t17?,20-/m1/s1. The second kappa shape index (κ2) is 6.39. The molecule has 0 aromatic heterocycles. The summed E-state index contributed by atoms with van der Waals surface area (Å²) in [5, 5.41) is 3.71. The van der Waals surface area contributed by atoms with Gasteiger partial charge in [0.2, 0.25) is 0 Å². The third kappa shape index (κ3) is 2.75. The Balaban J connectivity index is 1.58. The topological polar surface area (TPSA) is 0 Å². The summed E-state index contributed by atoms with van der Waals surface area (Å²) in [6.07, 6.45) is 14.0. The summed E-state index contributed by atoms with van der Waals surface area (Å²) in [6, 6.07) is 12.8. The smallest absolute Gasteiger partial charge is 0.0444 e. The molecule has 1 heteroatoms. The molecule has 0 fully saturated rings. The van der Waals surface area contributed by atoms with Gasteiger partial charge in [0.05, 0.1) is 0 Å². The molecule has 0 saturated carbocycles. The SMILES string of the molecule is CC1=Cc2ccc3c(c2=CC1C)=CCC1=C3C=C[C@@H](c2ccccc2Cl)C1. The van der Waals surface area contributed by atoms with E-state index >= 15 is 0 Å². The second-order valence-electron chi connectivity index (χ2n) is 7.99. The number of benzene rings is 2. The monoisotopic (exact) mass is 370 g/mol. The van der Waals surface area contributed by atoms with Crippen molar-refractivity contribution in [2.75, 3.05) is 0 Å². The maximum absolute atomic E-state index is 6.45. The van der Waals surface area contributed by atoms with Crippen molar-refractivity contribution in [1.82, 2.24) is 0 Å². The molecule has 0 spiro atoms. The van der Waals surface area contributed by atoms with Gasteiger partial charge in [0.25, 0.3) is 0 Å². The Labute approximate surface area is 165 Å². The average Bonchev–Trinajstić information content (AvgIpc) is 2.68. The van der Waals surface area contributed by atoms with Gasteiger partial charge in [-0.25, -0.2) is 0 Å². The van der Waals surface area contributed by atoms with Gasteiger partial charge in [0, 0.05) is 10.9 Å². The third-order valence-corrected chi connectivity index (χ3v) is 6.67. The minimum absolute atomic E-state index is 0.377. The Kier molecular flexibility index (Phi) is 3.98. The lowest BCUT2D eigenvalue weighted by Gasteiger charge is -2.27. The predicted octanol–water partition coefficient (Wildman–Crippen LogP) is 5.86. The van der Waals surface area contributed by atoms with E-state index in [1.165, 1.54) is 43.8 Å². The first-order chi connectivity index (χ1) is 13.1. The lowest BCUT2D eigenvalue weighted by Crippen LogP contribution is -2.34. The van der Waals surface area contributed by atoms with Crippen LogP contribution in [0.3, 0.4) is 0 Å². The van der Waals surface area contributed by atoms with E-state index in [2.05, 4.69) is 68.5 Å².